The number of hydrogen-bond donors (Lipinski definition) is 0. The highest BCUT2D eigenvalue weighted by Crippen LogP contribution is 2.24. The Morgan fingerprint density at radius 3 is 2.57 bits per heavy atom. The summed E-state index contributed by atoms with van der Waals surface area (Å²) in [4.78, 5) is 13.8. The molecule has 0 aliphatic rings. The van der Waals surface area contributed by atoms with Crippen LogP contribution >= 0.6 is 11.6 Å². The summed E-state index contributed by atoms with van der Waals surface area (Å²) in [5.74, 6) is 0. The Labute approximate surface area is 138 Å². The van der Waals surface area contributed by atoms with Gasteiger partial charge in [0.15, 0.2) is 5.65 Å². The quantitative estimate of drug-likeness (QED) is 0.498. The third-order valence-corrected chi connectivity index (χ3v) is 4.02. The van der Waals surface area contributed by atoms with Gasteiger partial charge in [-0.25, -0.2) is 19.5 Å². The second kappa shape index (κ2) is 4.99. The number of hydrogen-bond acceptors (Lipinski definition) is 4. The van der Waals surface area contributed by atoms with Crippen LogP contribution in [0, 0.1) is 20.8 Å². The van der Waals surface area contributed by atoms with Crippen LogP contribution in [0.15, 0.2) is 30.3 Å². The lowest BCUT2D eigenvalue weighted by Crippen LogP contribution is -1.96. The highest BCUT2D eigenvalue weighted by Gasteiger charge is 2.14. The molecule has 0 fully saturated rings. The Morgan fingerprint density at radius 1 is 0.913 bits per heavy atom. The predicted molar refractivity (Wildman–Crippen MR) is 90.7 cm³/mol. The largest absolute Gasteiger partial charge is 0.249 e. The lowest BCUT2D eigenvalue weighted by Gasteiger charge is -2.04. The van der Waals surface area contributed by atoms with Crippen molar-refractivity contribution in [2.45, 2.75) is 20.8 Å². The van der Waals surface area contributed by atoms with Crippen LogP contribution in [0.4, 0.5) is 0 Å². The molecule has 4 aromatic rings. The molecule has 0 atom stereocenters. The molecule has 0 spiro atoms. The van der Waals surface area contributed by atoms with Crippen LogP contribution in [0.5, 0.6) is 0 Å². The summed E-state index contributed by atoms with van der Waals surface area (Å²) >= 11 is 6.24. The lowest BCUT2D eigenvalue weighted by atomic mass is 10.2. The molecule has 0 amide bonds. The third-order valence-electron chi connectivity index (χ3n) is 3.75. The van der Waals surface area contributed by atoms with Crippen LogP contribution in [-0.4, -0.2) is 24.6 Å². The van der Waals surface area contributed by atoms with E-state index in [1.165, 1.54) is 0 Å². The maximum Gasteiger partial charge on any atom is 0.157 e. The molecule has 0 bridgehead atoms. The Morgan fingerprint density at radius 2 is 1.74 bits per heavy atom. The molecule has 6 heteroatoms. The number of aryl methyl sites for hydroxylation is 3. The van der Waals surface area contributed by atoms with Gasteiger partial charge in [0.1, 0.15) is 16.5 Å². The van der Waals surface area contributed by atoms with E-state index in [1.807, 2.05) is 45.0 Å². The van der Waals surface area contributed by atoms with E-state index in [-0.39, 0.29) is 0 Å². The SMILES string of the molecule is Cc1ccc2nc(-c3cc4nc(C)cc(Cl)n4n3)c(C)nc2c1. The van der Waals surface area contributed by atoms with Crippen LogP contribution < -0.4 is 0 Å². The van der Waals surface area contributed by atoms with Crippen LogP contribution in [0.3, 0.4) is 0 Å². The first kappa shape index (κ1) is 14.1. The molecule has 0 saturated heterocycles. The van der Waals surface area contributed by atoms with Crippen LogP contribution in [0.1, 0.15) is 17.0 Å². The monoisotopic (exact) mass is 323 g/mol. The summed E-state index contributed by atoms with van der Waals surface area (Å²) in [5, 5.41) is 5.06. The van der Waals surface area contributed by atoms with Gasteiger partial charge in [-0.1, -0.05) is 17.7 Å². The Balaban J connectivity index is 1.96. The van der Waals surface area contributed by atoms with Crippen molar-refractivity contribution in [3.63, 3.8) is 0 Å². The van der Waals surface area contributed by atoms with E-state index in [0.717, 1.165) is 39.4 Å². The second-order valence-electron chi connectivity index (χ2n) is 5.67. The lowest BCUT2D eigenvalue weighted by molar-refractivity contribution is 0.930. The fraction of sp³-hybridized carbons (Fsp3) is 0.176. The van der Waals surface area contributed by atoms with Crippen LogP contribution in [0.25, 0.3) is 28.1 Å². The Kier molecular flexibility index (Phi) is 3.06. The minimum absolute atomic E-state index is 0.528. The first-order chi connectivity index (χ1) is 11.0. The van der Waals surface area contributed by atoms with E-state index < -0.39 is 0 Å². The minimum Gasteiger partial charge on any atom is -0.249 e. The average molecular weight is 324 g/mol. The minimum atomic E-state index is 0.528. The fourth-order valence-corrected chi connectivity index (χ4v) is 2.95. The highest BCUT2D eigenvalue weighted by molar-refractivity contribution is 6.29. The van der Waals surface area contributed by atoms with Crippen molar-refractivity contribution in [3.05, 3.63) is 52.4 Å². The maximum atomic E-state index is 6.24. The zero-order valence-corrected chi connectivity index (χ0v) is 13.8. The normalized spacial score (nSPS) is 11.5. The first-order valence-corrected chi connectivity index (χ1v) is 7.67. The maximum absolute atomic E-state index is 6.24. The van der Waals surface area contributed by atoms with E-state index >= 15 is 0 Å². The van der Waals surface area contributed by atoms with E-state index in [2.05, 4.69) is 15.1 Å². The molecule has 23 heavy (non-hydrogen) atoms. The zero-order valence-electron chi connectivity index (χ0n) is 13.0. The van der Waals surface area contributed by atoms with Gasteiger partial charge in [-0.15, -0.1) is 0 Å². The molecule has 0 radical (unpaired) electrons. The molecule has 1 aromatic carbocycles. The van der Waals surface area contributed by atoms with E-state index in [9.17, 15) is 0 Å². The molecule has 0 aliphatic heterocycles. The number of nitrogens with zero attached hydrogens (tertiary/aromatic N) is 5. The van der Waals surface area contributed by atoms with Gasteiger partial charge in [-0.3, -0.25) is 0 Å². The predicted octanol–water partition coefficient (Wildman–Crippen LogP) is 3.92. The van der Waals surface area contributed by atoms with Crippen molar-refractivity contribution in [1.29, 1.82) is 0 Å². The highest BCUT2D eigenvalue weighted by atomic mass is 35.5. The summed E-state index contributed by atoms with van der Waals surface area (Å²) in [6, 6.07) is 9.71. The molecule has 0 saturated carbocycles. The number of fused-ring (bicyclic) bond motifs is 2. The topological polar surface area (TPSA) is 56.0 Å². The molecular weight excluding hydrogens is 310 g/mol. The van der Waals surface area contributed by atoms with Gasteiger partial charge in [0.05, 0.1) is 16.7 Å². The molecule has 3 heterocycles. The molecule has 0 aliphatic carbocycles. The van der Waals surface area contributed by atoms with Crippen molar-refractivity contribution < 1.29 is 0 Å². The molecule has 0 unspecified atom stereocenters. The standard InChI is InChI=1S/C17H14ClN5/c1-9-4-5-12-13(6-9)20-11(3)17(21-12)14-8-16-19-10(2)7-15(18)23(16)22-14/h4-8H,1-3H3. The van der Waals surface area contributed by atoms with Crippen molar-refractivity contribution in [1.82, 2.24) is 24.6 Å². The number of halogens is 1. The van der Waals surface area contributed by atoms with Gasteiger partial charge in [-0.05, 0) is 44.5 Å². The van der Waals surface area contributed by atoms with E-state index in [1.54, 1.807) is 10.6 Å². The summed E-state index contributed by atoms with van der Waals surface area (Å²) in [5.41, 5.74) is 6.77. The molecule has 114 valence electrons. The van der Waals surface area contributed by atoms with E-state index in [4.69, 9.17) is 16.6 Å². The molecular formula is C17H14ClN5. The zero-order chi connectivity index (χ0) is 16.1. The average Bonchev–Trinajstić information content (AvgIpc) is 2.90. The van der Waals surface area contributed by atoms with Crippen LogP contribution in [0.2, 0.25) is 5.15 Å². The Bertz CT molecular complexity index is 1070. The molecule has 5 nitrogen and oxygen atoms in total. The number of aromatic nitrogens is 5. The summed E-state index contributed by atoms with van der Waals surface area (Å²) in [6.07, 6.45) is 0. The van der Waals surface area contributed by atoms with Crippen molar-refractivity contribution in [2.24, 2.45) is 0 Å². The molecule has 3 aromatic heterocycles. The van der Waals surface area contributed by atoms with Gasteiger partial charge < -0.3 is 0 Å². The van der Waals surface area contributed by atoms with Crippen molar-refractivity contribution >= 4 is 28.3 Å². The summed E-state index contributed by atoms with van der Waals surface area (Å²) in [7, 11) is 0. The Hall–Kier alpha value is -2.53. The van der Waals surface area contributed by atoms with Gasteiger partial charge in [-0.2, -0.15) is 5.10 Å². The van der Waals surface area contributed by atoms with Crippen LogP contribution in [-0.2, 0) is 0 Å². The smallest absolute Gasteiger partial charge is 0.157 e. The van der Waals surface area contributed by atoms with Gasteiger partial charge >= 0.3 is 0 Å². The number of rotatable bonds is 1. The summed E-state index contributed by atoms with van der Waals surface area (Å²) in [6.45, 7) is 5.89. The number of benzene rings is 1. The second-order valence-corrected chi connectivity index (χ2v) is 6.06. The summed E-state index contributed by atoms with van der Waals surface area (Å²) < 4.78 is 1.62. The third kappa shape index (κ3) is 2.33. The molecule has 0 N–H and O–H groups in total. The van der Waals surface area contributed by atoms with Crippen molar-refractivity contribution in [2.75, 3.05) is 0 Å². The first-order valence-electron chi connectivity index (χ1n) is 7.29. The van der Waals surface area contributed by atoms with Gasteiger partial charge in [0, 0.05) is 11.8 Å². The van der Waals surface area contributed by atoms with Crippen molar-refractivity contribution in [3.8, 4) is 11.4 Å². The molecule has 4 rings (SSSR count). The van der Waals surface area contributed by atoms with Gasteiger partial charge in [0.25, 0.3) is 0 Å². The fourth-order valence-electron chi connectivity index (χ4n) is 2.67. The van der Waals surface area contributed by atoms with Gasteiger partial charge in [0.2, 0.25) is 0 Å². The van der Waals surface area contributed by atoms with E-state index in [0.29, 0.717) is 10.8 Å².